The van der Waals surface area contributed by atoms with Gasteiger partial charge in [0.05, 0.1) is 18.8 Å². The highest BCUT2D eigenvalue weighted by atomic mass is 35.5. The second kappa shape index (κ2) is 9.15. The predicted octanol–water partition coefficient (Wildman–Crippen LogP) is 3.25. The molecule has 10 heteroatoms. The molecule has 0 spiro atoms. The highest BCUT2D eigenvalue weighted by molar-refractivity contribution is 6.30. The molecule has 0 bridgehead atoms. The summed E-state index contributed by atoms with van der Waals surface area (Å²) in [7, 11) is 0. The first-order valence-corrected chi connectivity index (χ1v) is 11.4. The van der Waals surface area contributed by atoms with Crippen LogP contribution < -0.4 is 0 Å². The number of rotatable bonds is 3. The molecule has 0 radical (unpaired) electrons. The summed E-state index contributed by atoms with van der Waals surface area (Å²) in [5.74, 6) is -0.880. The summed E-state index contributed by atoms with van der Waals surface area (Å²) in [5.41, 5.74) is 2.70. The van der Waals surface area contributed by atoms with Crippen LogP contribution in [-0.2, 0) is 17.9 Å². The molecular weight excluding hydrogens is 461 g/mol. The summed E-state index contributed by atoms with van der Waals surface area (Å²) < 4.78 is 21.5. The van der Waals surface area contributed by atoms with Crippen molar-refractivity contribution in [2.75, 3.05) is 26.2 Å². The molecule has 2 amide bonds. The maximum Gasteiger partial charge on any atom is 0.276 e. The zero-order valence-electron chi connectivity index (χ0n) is 18.6. The van der Waals surface area contributed by atoms with E-state index < -0.39 is 5.82 Å². The Morgan fingerprint density at radius 3 is 2.38 bits per heavy atom. The van der Waals surface area contributed by atoms with Crippen LogP contribution in [0, 0.1) is 12.7 Å². The highest BCUT2D eigenvalue weighted by Gasteiger charge is 2.32. The average Bonchev–Trinajstić information content (AvgIpc) is 3.29. The van der Waals surface area contributed by atoms with Gasteiger partial charge in [0.15, 0.2) is 5.69 Å². The van der Waals surface area contributed by atoms with E-state index in [0.717, 1.165) is 5.56 Å². The fourth-order valence-electron chi connectivity index (χ4n) is 4.23. The van der Waals surface area contributed by atoms with Crippen molar-refractivity contribution < 1.29 is 18.7 Å². The number of ether oxygens (including phenoxy) is 1. The van der Waals surface area contributed by atoms with E-state index in [1.807, 2.05) is 24.3 Å². The lowest BCUT2D eigenvalue weighted by Gasteiger charge is -2.34. The summed E-state index contributed by atoms with van der Waals surface area (Å²) in [6.45, 7) is 3.77. The molecule has 2 aromatic carbocycles. The lowest BCUT2D eigenvalue weighted by atomic mass is 10.1. The summed E-state index contributed by atoms with van der Waals surface area (Å²) >= 11 is 5.97. The second-order valence-electron chi connectivity index (χ2n) is 8.47. The van der Waals surface area contributed by atoms with Crippen LogP contribution in [0.5, 0.6) is 0 Å². The Hall–Kier alpha value is -3.30. The zero-order valence-corrected chi connectivity index (χ0v) is 19.3. The molecule has 0 N–H and O–H groups in total. The Balaban J connectivity index is 1.22. The fourth-order valence-corrected chi connectivity index (χ4v) is 4.35. The van der Waals surface area contributed by atoms with Crippen LogP contribution in [0.25, 0.3) is 0 Å². The third-order valence-corrected chi connectivity index (χ3v) is 6.57. The van der Waals surface area contributed by atoms with E-state index in [2.05, 4.69) is 10.3 Å². The van der Waals surface area contributed by atoms with Gasteiger partial charge in [0.25, 0.3) is 11.8 Å². The first-order valence-electron chi connectivity index (χ1n) is 11.0. The van der Waals surface area contributed by atoms with Gasteiger partial charge in [0, 0.05) is 36.8 Å². The number of piperazine rings is 1. The van der Waals surface area contributed by atoms with Crippen LogP contribution in [0.3, 0.4) is 0 Å². The lowest BCUT2D eigenvalue weighted by molar-refractivity contribution is -0.00202. The third-order valence-electron chi connectivity index (χ3n) is 6.31. The molecule has 1 atom stereocenters. The van der Waals surface area contributed by atoms with Gasteiger partial charge in [0.2, 0.25) is 0 Å². The predicted molar refractivity (Wildman–Crippen MR) is 122 cm³/mol. The molecule has 1 aromatic heterocycles. The number of aromatic nitrogens is 3. The number of carbonyl (C=O) groups excluding carboxylic acids is 2. The van der Waals surface area contributed by atoms with E-state index in [-0.39, 0.29) is 30.2 Å². The smallest absolute Gasteiger partial charge is 0.276 e. The number of fused-ring (bicyclic) bond motifs is 1. The average molecular weight is 484 g/mol. The Morgan fingerprint density at radius 2 is 1.71 bits per heavy atom. The van der Waals surface area contributed by atoms with Crippen LogP contribution in [-0.4, -0.2) is 62.8 Å². The maximum absolute atomic E-state index is 13.9. The summed E-state index contributed by atoms with van der Waals surface area (Å²) in [6, 6.07) is 11.9. The SMILES string of the molecule is Cc1ccc(C(=O)N2CCN(C(=O)c3nnn4c3CO[C@@H](c3ccc(Cl)cc3)C4)CC2)cc1F. The number of amides is 2. The van der Waals surface area contributed by atoms with E-state index in [1.54, 1.807) is 33.5 Å². The van der Waals surface area contributed by atoms with Gasteiger partial charge in [-0.3, -0.25) is 9.59 Å². The molecule has 0 unspecified atom stereocenters. The molecule has 3 heterocycles. The molecule has 0 aliphatic carbocycles. The highest BCUT2D eigenvalue weighted by Crippen LogP contribution is 2.28. The van der Waals surface area contributed by atoms with Crippen LogP contribution in [0.2, 0.25) is 5.02 Å². The largest absolute Gasteiger partial charge is 0.365 e. The number of benzene rings is 2. The van der Waals surface area contributed by atoms with Crippen molar-refractivity contribution in [2.45, 2.75) is 26.2 Å². The van der Waals surface area contributed by atoms with Gasteiger partial charge in [-0.2, -0.15) is 0 Å². The molecule has 1 fully saturated rings. The number of halogens is 2. The van der Waals surface area contributed by atoms with Crippen LogP contribution in [0.4, 0.5) is 4.39 Å². The Bertz CT molecular complexity index is 1240. The number of hydrogen-bond acceptors (Lipinski definition) is 5. The molecule has 0 saturated carbocycles. The van der Waals surface area contributed by atoms with E-state index in [9.17, 15) is 14.0 Å². The topological polar surface area (TPSA) is 80.6 Å². The molecule has 1 saturated heterocycles. The normalized spacial score (nSPS) is 18.0. The number of aryl methyl sites for hydroxylation is 1. The minimum absolute atomic E-state index is 0.199. The number of hydrogen-bond donors (Lipinski definition) is 0. The molecule has 8 nitrogen and oxygen atoms in total. The van der Waals surface area contributed by atoms with E-state index in [0.29, 0.717) is 54.6 Å². The quantitative estimate of drug-likeness (QED) is 0.571. The van der Waals surface area contributed by atoms with Gasteiger partial charge in [-0.05, 0) is 42.3 Å². The van der Waals surface area contributed by atoms with Gasteiger partial charge in [-0.1, -0.05) is 35.0 Å². The molecule has 2 aliphatic heterocycles. The van der Waals surface area contributed by atoms with Gasteiger partial charge in [-0.25, -0.2) is 9.07 Å². The summed E-state index contributed by atoms with van der Waals surface area (Å²) in [4.78, 5) is 29.2. The van der Waals surface area contributed by atoms with Crippen LogP contribution >= 0.6 is 11.6 Å². The minimum atomic E-state index is -0.405. The first-order chi connectivity index (χ1) is 16.4. The Morgan fingerprint density at radius 1 is 1.03 bits per heavy atom. The van der Waals surface area contributed by atoms with Crippen LogP contribution in [0.15, 0.2) is 42.5 Å². The number of nitrogens with zero attached hydrogens (tertiary/aromatic N) is 5. The van der Waals surface area contributed by atoms with Gasteiger partial charge in [-0.15, -0.1) is 5.10 Å². The van der Waals surface area contributed by atoms with E-state index in [4.69, 9.17) is 16.3 Å². The zero-order chi connectivity index (χ0) is 23.8. The van der Waals surface area contributed by atoms with Gasteiger partial charge >= 0.3 is 0 Å². The molecule has 2 aliphatic rings. The van der Waals surface area contributed by atoms with Crippen molar-refractivity contribution in [2.24, 2.45) is 0 Å². The van der Waals surface area contributed by atoms with Crippen molar-refractivity contribution in [1.82, 2.24) is 24.8 Å². The molecule has 5 rings (SSSR count). The Kier molecular flexibility index (Phi) is 6.05. The Labute approximate surface area is 200 Å². The second-order valence-corrected chi connectivity index (χ2v) is 8.90. The van der Waals surface area contributed by atoms with Gasteiger partial charge in [0.1, 0.15) is 11.9 Å². The summed E-state index contributed by atoms with van der Waals surface area (Å²) in [6.07, 6.45) is -0.199. The standard InChI is InChI=1S/C24H23ClFN5O3/c1-15-2-3-17(12-19(15)26)23(32)29-8-10-30(11-9-29)24(33)22-20-14-34-21(13-31(20)28-27-22)16-4-6-18(25)7-5-16/h2-7,12,21H,8-11,13-14H2,1H3/t21-/m1/s1. The number of carbonyl (C=O) groups is 2. The maximum atomic E-state index is 13.9. The van der Waals surface area contributed by atoms with Crippen molar-refractivity contribution in [3.8, 4) is 0 Å². The van der Waals surface area contributed by atoms with Crippen molar-refractivity contribution in [1.29, 1.82) is 0 Å². The fraction of sp³-hybridized carbons (Fsp3) is 0.333. The van der Waals surface area contributed by atoms with Crippen molar-refractivity contribution >= 4 is 23.4 Å². The lowest BCUT2D eigenvalue weighted by Crippen LogP contribution is -2.50. The molecule has 34 heavy (non-hydrogen) atoms. The molecule has 176 valence electrons. The van der Waals surface area contributed by atoms with Crippen molar-refractivity contribution in [3.63, 3.8) is 0 Å². The van der Waals surface area contributed by atoms with Crippen LogP contribution in [0.1, 0.15) is 43.8 Å². The van der Waals surface area contributed by atoms with E-state index >= 15 is 0 Å². The molecular formula is C24H23ClFN5O3. The molecule has 3 aromatic rings. The monoisotopic (exact) mass is 483 g/mol. The third kappa shape index (κ3) is 4.28. The first kappa shape index (κ1) is 22.5. The summed E-state index contributed by atoms with van der Waals surface area (Å²) in [5, 5.41) is 8.96. The van der Waals surface area contributed by atoms with Gasteiger partial charge < -0.3 is 14.5 Å². The minimum Gasteiger partial charge on any atom is -0.365 e. The van der Waals surface area contributed by atoms with E-state index in [1.165, 1.54) is 6.07 Å². The van der Waals surface area contributed by atoms with Crippen molar-refractivity contribution in [3.05, 3.63) is 81.4 Å².